The summed E-state index contributed by atoms with van der Waals surface area (Å²) in [6.45, 7) is 3.88. The second-order valence-electron chi connectivity index (χ2n) is 11.6. The number of aromatic nitrogens is 2. The van der Waals surface area contributed by atoms with Crippen LogP contribution < -0.4 is 5.32 Å². The van der Waals surface area contributed by atoms with Gasteiger partial charge in [-0.2, -0.15) is 13.2 Å². The number of carbonyl (C=O) groups is 2. The van der Waals surface area contributed by atoms with E-state index >= 15 is 0 Å². The van der Waals surface area contributed by atoms with E-state index in [1.807, 2.05) is 7.05 Å². The minimum Gasteiger partial charge on any atom is -0.378 e. The van der Waals surface area contributed by atoms with E-state index in [-0.39, 0.29) is 47.8 Å². The quantitative estimate of drug-likeness (QED) is 0.518. The Morgan fingerprint density at radius 1 is 1.05 bits per heavy atom. The van der Waals surface area contributed by atoms with Crippen molar-refractivity contribution in [1.82, 2.24) is 24.7 Å². The molecular weight excluding hydrogens is 549 g/mol. The summed E-state index contributed by atoms with van der Waals surface area (Å²) < 4.78 is 47.2. The lowest BCUT2D eigenvalue weighted by Crippen LogP contribution is -2.44. The second kappa shape index (κ2) is 12.9. The summed E-state index contributed by atoms with van der Waals surface area (Å²) in [5.41, 5.74) is 0.0993. The van der Waals surface area contributed by atoms with Crippen LogP contribution in [0.4, 0.5) is 24.8 Å². The Bertz CT molecular complexity index is 1240. The highest BCUT2D eigenvalue weighted by Gasteiger charge is 2.40. The number of hydrogen-bond acceptors (Lipinski definition) is 7. The summed E-state index contributed by atoms with van der Waals surface area (Å²) >= 11 is 0. The number of ether oxygens (including phenoxy) is 1. The summed E-state index contributed by atoms with van der Waals surface area (Å²) in [5, 5.41) is 2.99. The first-order chi connectivity index (χ1) is 20.1. The van der Waals surface area contributed by atoms with Crippen LogP contribution in [-0.4, -0.2) is 96.0 Å². The Morgan fingerprint density at radius 2 is 1.74 bits per heavy atom. The zero-order valence-electron chi connectivity index (χ0n) is 24.2. The molecule has 5 rings (SSSR count). The van der Waals surface area contributed by atoms with E-state index in [1.54, 1.807) is 34.1 Å². The number of morpholine rings is 1. The van der Waals surface area contributed by atoms with Gasteiger partial charge in [0.1, 0.15) is 0 Å². The van der Waals surface area contributed by atoms with E-state index in [0.717, 1.165) is 38.5 Å². The second-order valence-corrected chi connectivity index (χ2v) is 11.6. The normalized spacial score (nSPS) is 22.3. The molecule has 0 spiro atoms. The topological polar surface area (TPSA) is 90.9 Å². The molecule has 228 valence electrons. The molecule has 1 saturated carbocycles. The fourth-order valence-electron chi connectivity index (χ4n) is 6.32. The van der Waals surface area contributed by atoms with Gasteiger partial charge in [-0.05, 0) is 82.4 Å². The van der Waals surface area contributed by atoms with Crippen LogP contribution in [0, 0.1) is 11.8 Å². The Balaban J connectivity index is 1.28. The predicted octanol–water partition coefficient (Wildman–Crippen LogP) is 4.22. The highest BCUT2D eigenvalue weighted by atomic mass is 19.4. The van der Waals surface area contributed by atoms with Crippen LogP contribution in [0.5, 0.6) is 0 Å². The van der Waals surface area contributed by atoms with Crippen molar-refractivity contribution in [3.8, 4) is 0 Å². The molecule has 1 aliphatic carbocycles. The van der Waals surface area contributed by atoms with Gasteiger partial charge in [-0.1, -0.05) is 6.42 Å². The largest absolute Gasteiger partial charge is 0.419 e. The molecule has 3 fully saturated rings. The number of rotatable bonds is 7. The Kier molecular flexibility index (Phi) is 9.32. The maximum Gasteiger partial charge on any atom is 0.419 e. The first-order valence-corrected chi connectivity index (χ1v) is 14.7. The lowest BCUT2D eigenvalue weighted by molar-refractivity contribution is -0.140. The van der Waals surface area contributed by atoms with Gasteiger partial charge in [-0.25, -0.2) is 9.97 Å². The summed E-state index contributed by atoms with van der Waals surface area (Å²) in [5.74, 6) is -0.585. The van der Waals surface area contributed by atoms with Crippen molar-refractivity contribution < 1.29 is 27.5 Å². The van der Waals surface area contributed by atoms with Gasteiger partial charge in [0.05, 0.1) is 24.5 Å². The van der Waals surface area contributed by atoms with Crippen LogP contribution in [0.25, 0.3) is 0 Å². The molecule has 0 bridgehead atoms. The molecule has 2 saturated heterocycles. The smallest absolute Gasteiger partial charge is 0.378 e. The number of hydrogen-bond donors (Lipinski definition) is 1. The zero-order valence-corrected chi connectivity index (χ0v) is 24.2. The lowest BCUT2D eigenvalue weighted by atomic mass is 9.89. The average molecular weight is 589 g/mol. The van der Waals surface area contributed by atoms with Crippen molar-refractivity contribution >= 4 is 23.5 Å². The molecule has 1 N–H and O–H groups in total. The number of nitrogens with zero attached hydrogens (tertiary/aromatic N) is 5. The van der Waals surface area contributed by atoms with Crippen LogP contribution in [0.2, 0.25) is 0 Å². The van der Waals surface area contributed by atoms with Gasteiger partial charge >= 0.3 is 6.18 Å². The standard InChI is InChI=1S/C30H39F3N6O3/c1-37-12-10-23(11-13-37)38(2)27(40)20-6-8-22(9-7-20)35-29-34-19-25(30(31,32)33)26(36-29)18-21-4-3-5-24(21)28(41)39-14-16-42-17-15-39/h6-9,19,21,23-24H,3-5,10-18H2,1-2H3,(H,34,35,36)/t21-,24-/m0/s1. The van der Waals surface area contributed by atoms with E-state index in [1.165, 1.54) is 0 Å². The number of likely N-dealkylation sites (tertiary alicyclic amines) is 1. The van der Waals surface area contributed by atoms with Crippen LogP contribution in [0.15, 0.2) is 30.5 Å². The van der Waals surface area contributed by atoms with E-state index in [4.69, 9.17) is 4.74 Å². The lowest BCUT2D eigenvalue weighted by Gasteiger charge is -2.35. The van der Waals surface area contributed by atoms with Crippen LogP contribution in [0.1, 0.15) is 53.7 Å². The number of alkyl halides is 3. The van der Waals surface area contributed by atoms with Gasteiger partial charge in [0.25, 0.3) is 5.91 Å². The SMILES string of the molecule is CN1CCC(N(C)C(=O)c2ccc(Nc3ncc(C(F)(F)F)c(C[C@@H]4CCC[C@@H]4C(=O)N4CCOCC4)n3)cc2)CC1. The summed E-state index contributed by atoms with van der Waals surface area (Å²) in [6, 6.07) is 6.98. The van der Waals surface area contributed by atoms with E-state index < -0.39 is 11.7 Å². The summed E-state index contributed by atoms with van der Waals surface area (Å²) in [6.07, 6.45) is 0.224. The van der Waals surface area contributed by atoms with Crippen molar-refractivity contribution in [2.24, 2.45) is 11.8 Å². The molecule has 0 unspecified atom stereocenters. The maximum atomic E-state index is 13.9. The molecule has 9 nitrogen and oxygen atoms in total. The molecule has 42 heavy (non-hydrogen) atoms. The first kappa shape index (κ1) is 30.2. The highest BCUT2D eigenvalue weighted by Crippen LogP contribution is 2.39. The molecule has 0 radical (unpaired) electrons. The van der Waals surface area contributed by atoms with Gasteiger partial charge in [0.15, 0.2) is 0 Å². The van der Waals surface area contributed by atoms with Gasteiger partial charge in [-0.3, -0.25) is 9.59 Å². The Morgan fingerprint density at radius 3 is 2.40 bits per heavy atom. The molecule has 1 aromatic heterocycles. The molecule has 3 aliphatic rings. The monoisotopic (exact) mass is 588 g/mol. The van der Waals surface area contributed by atoms with E-state index in [9.17, 15) is 22.8 Å². The number of piperidine rings is 1. The molecule has 2 aliphatic heterocycles. The van der Waals surface area contributed by atoms with Crippen molar-refractivity contribution in [2.75, 3.05) is 58.8 Å². The van der Waals surface area contributed by atoms with Crippen LogP contribution in [0.3, 0.4) is 0 Å². The number of halogens is 3. The molecular formula is C30H39F3N6O3. The third-order valence-corrected chi connectivity index (χ3v) is 8.87. The third-order valence-electron chi connectivity index (χ3n) is 8.87. The van der Waals surface area contributed by atoms with Crippen LogP contribution in [-0.2, 0) is 22.1 Å². The minimum absolute atomic E-state index is 0.00197. The molecule has 12 heteroatoms. The zero-order chi connectivity index (χ0) is 29.9. The van der Waals surface area contributed by atoms with Gasteiger partial charge < -0.3 is 24.8 Å². The molecule has 2 amide bonds. The summed E-state index contributed by atoms with van der Waals surface area (Å²) in [4.78, 5) is 40.3. The number of amides is 2. The fraction of sp³-hybridized carbons (Fsp3) is 0.600. The number of anilines is 2. The van der Waals surface area contributed by atoms with Crippen molar-refractivity contribution in [2.45, 2.75) is 50.7 Å². The highest BCUT2D eigenvalue weighted by molar-refractivity contribution is 5.94. The van der Waals surface area contributed by atoms with Crippen LogP contribution >= 0.6 is 0 Å². The number of carbonyl (C=O) groups excluding carboxylic acids is 2. The maximum absolute atomic E-state index is 13.9. The third kappa shape index (κ3) is 7.03. The molecule has 2 atom stereocenters. The predicted molar refractivity (Wildman–Crippen MR) is 151 cm³/mol. The van der Waals surface area contributed by atoms with Gasteiger partial charge in [0, 0.05) is 49.5 Å². The molecule has 3 heterocycles. The van der Waals surface area contributed by atoms with Gasteiger partial charge in [0.2, 0.25) is 11.9 Å². The van der Waals surface area contributed by atoms with Crippen molar-refractivity contribution in [3.05, 3.63) is 47.3 Å². The van der Waals surface area contributed by atoms with Gasteiger partial charge in [-0.15, -0.1) is 0 Å². The van der Waals surface area contributed by atoms with E-state index in [0.29, 0.717) is 50.4 Å². The average Bonchev–Trinajstić information content (AvgIpc) is 3.45. The first-order valence-electron chi connectivity index (χ1n) is 14.7. The minimum atomic E-state index is -4.61. The van der Waals surface area contributed by atoms with Crippen molar-refractivity contribution in [3.63, 3.8) is 0 Å². The molecule has 1 aromatic carbocycles. The number of benzene rings is 1. The molecule has 2 aromatic rings. The summed E-state index contributed by atoms with van der Waals surface area (Å²) in [7, 11) is 3.90. The van der Waals surface area contributed by atoms with Crippen molar-refractivity contribution in [1.29, 1.82) is 0 Å². The Labute approximate surface area is 244 Å². The fourth-order valence-corrected chi connectivity index (χ4v) is 6.32. The Hall–Kier alpha value is -3.25. The van der Waals surface area contributed by atoms with E-state index in [2.05, 4.69) is 27.2 Å². The number of nitrogens with one attached hydrogen (secondary N) is 1.